The molecule has 156 valence electrons. The molecule has 0 aliphatic heterocycles. The summed E-state index contributed by atoms with van der Waals surface area (Å²) in [7, 11) is 0. The molecule has 0 saturated carbocycles. The topological polar surface area (TPSA) is 12.4 Å². The number of benzene rings is 3. The lowest BCUT2D eigenvalue weighted by atomic mass is 10.00. The van der Waals surface area contributed by atoms with Crippen LogP contribution in [0.25, 0.3) is 11.1 Å². The number of unbranched alkanes of at least 4 members (excludes halogenated alkanes) is 2. The Kier molecular flexibility index (Phi) is 7.84. The zero-order valence-electron chi connectivity index (χ0n) is 17.6. The summed E-state index contributed by atoms with van der Waals surface area (Å²) in [5.74, 6) is 4.49. The van der Waals surface area contributed by atoms with Gasteiger partial charge in [-0.1, -0.05) is 61.9 Å². The van der Waals surface area contributed by atoms with Gasteiger partial charge in [-0.25, -0.2) is 8.78 Å². The zero-order valence-corrected chi connectivity index (χ0v) is 18.5. The van der Waals surface area contributed by atoms with Crippen molar-refractivity contribution in [2.75, 3.05) is 0 Å². The summed E-state index contributed by atoms with van der Waals surface area (Å²) in [4.78, 5) is 3.82. The van der Waals surface area contributed by atoms with Gasteiger partial charge in [0.05, 0.1) is 22.0 Å². The molecule has 0 heterocycles. The lowest BCUT2D eigenvalue weighted by molar-refractivity contribution is 0.623. The molecule has 0 aliphatic carbocycles. The average Bonchev–Trinajstić information content (AvgIpc) is 2.76. The van der Waals surface area contributed by atoms with Gasteiger partial charge in [-0.15, -0.1) is 0 Å². The molecule has 0 bridgehead atoms. The van der Waals surface area contributed by atoms with Gasteiger partial charge in [-0.2, -0.15) is 4.99 Å². The third-order valence-electron chi connectivity index (χ3n) is 5.11. The van der Waals surface area contributed by atoms with Gasteiger partial charge in [-0.3, -0.25) is 0 Å². The maximum Gasteiger partial charge on any atom is 0.141 e. The van der Waals surface area contributed by atoms with Crippen molar-refractivity contribution in [3.63, 3.8) is 0 Å². The Hall–Kier alpha value is -3.12. The first-order valence-electron chi connectivity index (χ1n) is 10.3. The van der Waals surface area contributed by atoms with Gasteiger partial charge in [0.15, 0.2) is 0 Å². The van der Waals surface area contributed by atoms with Gasteiger partial charge in [0.2, 0.25) is 0 Å². The molecule has 0 aromatic heterocycles. The molecule has 0 spiro atoms. The van der Waals surface area contributed by atoms with Crippen LogP contribution in [-0.2, 0) is 6.42 Å². The van der Waals surface area contributed by atoms with E-state index in [-0.39, 0.29) is 11.1 Å². The van der Waals surface area contributed by atoms with Crippen molar-refractivity contribution in [1.29, 1.82) is 0 Å². The second-order valence-corrected chi connectivity index (χ2v) is 7.60. The maximum atomic E-state index is 14.6. The second kappa shape index (κ2) is 10.8. The molecule has 3 aromatic rings. The quantitative estimate of drug-likeness (QED) is 0.168. The fraction of sp³-hybridized carbons (Fsp3) is 0.222. The summed E-state index contributed by atoms with van der Waals surface area (Å²) in [5.41, 5.74) is 4.56. The molecule has 0 fully saturated rings. The Morgan fingerprint density at radius 3 is 2.19 bits per heavy atom. The number of rotatable bonds is 6. The van der Waals surface area contributed by atoms with Gasteiger partial charge in [0.1, 0.15) is 11.6 Å². The van der Waals surface area contributed by atoms with Crippen molar-refractivity contribution in [2.24, 2.45) is 4.99 Å². The first-order valence-corrected chi connectivity index (χ1v) is 10.7. The van der Waals surface area contributed by atoms with E-state index in [1.165, 1.54) is 37.0 Å². The fourth-order valence-corrected chi connectivity index (χ4v) is 3.41. The summed E-state index contributed by atoms with van der Waals surface area (Å²) in [6.07, 6.45) is 4.67. The Morgan fingerprint density at radius 1 is 0.839 bits per heavy atom. The minimum atomic E-state index is -0.529. The third-order valence-corrected chi connectivity index (χ3v) is 5.20. The molecule has 0 saturated heterocycles. The van der Waals surface area contributed by atoms with Crippen LogP contribution in [0.15, 0.2) is 59.6 Å². The SMILES string of the molecule is CCCCCc1ccc(-c2ccc(C#Cc3cc(C)c(N=C=S)cc3F)c(F)c2)cc1. The normalized spacial score (nSPS) is 10.2. The second-order valence-electron chi connectivity index (χ2n) is 7.42. The Balaban J connectivity index is 1.80. The molecule has 0 unspecified atom stereocenters. The van der Waals surface area contributed by atoms with Gasteiger partial charge in [-0.05, 0) is 72.4 Å². The number of thiocarbonyl (C=S) groups is 1. The molecular weight excluding hydrogens is 408 g/mol. The van der Waals surface area contributed by atoms with Crippen LogP contribution in [0.2, 0.25) is 0 Å². The summed E-state index contributed by atoms with van der Waals surface area (Å²) in [5, 5.41) is 2.23. The van der Waals surface area contributed by atoms with E-state index >= 15 is 0 Å². The van der Waals surface area contributed by atoms with Crippen LogP contribution < -0.4 is 0 Å². The largest absolute Gasteiger partial charge is 0.206 e. The number of hydrogen-bond acceptors (Lipinski definition) is 2. The maximum absolute atomic E-state index is 14.6. The van der Waals surface area contributed by atoms with E-state index in [2.05, 4.69) is 53.3 Å². The molecule has 0 radical (unpaired) electrons. The van der Waals surface area contributed by atoms with Crippen molar-refractivity contribution < 1.29 is 8.78 Å². The van der Waals surface area contributed by atoms with Crippen molar-refractivity contribution in [1.82, 2.24) is 0 Å². The molecule has 0 amide bonds. The number of aryl methyl sites for hydroxylation is 2. The summed E-state index contributed by atoms with van der Waals surface area (Å²) >= 11 is 4.56. The van der Waals surface area contributed by atoms with Crippen LogP contribution in [0.3, 0.4) is 0 Å². The summed E-state index contributed by atoms with van der Waals surface area (Å²) < 4.78 is 28.9. The third kappa shape index (κ3) is 5.95. The van der Waals surface area contributed by atoms with Crippen molar-refractivity contribution in [3.05, 3.63) is 88.5 Å². The smallest absolute Gasteiger partial charge is 0.141 e. The van der Waals surface area contributed by atoms with Crippen LogP contribution in [0.5, 0.6) is 0 Å². The molecule has 31 heavy (non-hydrogen) atoms. The van der Waals surface area contributed by atoms with E-state index in [4.69, 9.17) is 0 Å². The number of nitrogens with zero attached hydrogens (tertiary/aromatic N) is 1. The van der Waals surface area contributed by atoms with Crippen LogP contribution >= 0.6 is 12.2 Å². The highest BCUT2D eigenvalue weighted by molar-refractivity contribution is 7.78. The molecule has 0 aliphatic rings. The molecular formula is C27H23F2NS. The number of aliphatic imine (C=N–C) groups is 1. The lowest BCUT2D eigenvalue weighted by Gasteiger charge is -2.06. The molecule has 0 atom stereocenters. The van der Waals surface area contributed by atoms with E-state index in [1.54, 1.807) is 19.1 Å². The number of halogens is 2. The van der Waals surface area contributed by atoms with Crippen LogP contribution in [0, 0.1) is 30.4 Å². The standard InChI is InChI=1S/C27H23F2NS/c1-3-4-5-6-20-7-9-21(10-8-20)23-13-11-22(25(28)16-23)12-14-24-15-19(2)27(30-18-31)17-26(24)29/h7-11,13,15-17H,3-6H2,1-2H3. The van der Waals surface area contributed by atoms with E-state index in [0.29, 0.717) is 5.69 Å². The minimum Gasteiger partial charge on any atom is -0.206 e. The van der Waals surface area contributed by atoms with E-state index in [9.17, 15) is 8.78 Å². The minimum absolute atomic E-state index is 0.183. The monoisotopic (exact) mass is 431 g/mol. The predicted molar refractivity (Wildman–Crippen MR) is 127 cm³/mol. The predicted octanol–water partition coefficient (Wildman–Crippen LogP) is 7.81. The van der Waals surface area contributed by atoms with Gasteiger partial charge >= 0.3 is 0 Å². The number of isothiocyanates is 1. The first-order chi connectivity index (χ1) is 15.0. The van der Waals surface area contributed by atoms with Gasteiger partial charge in [0.25, 0.3) is 0 Å². The molecule has 3 aromatic carbocycles. The van der Waals surface area contributed by atoms with Crippen LogP contribution in [-0.4, -0.2) is 5.16 Å². The van der Waals surface area contributed by atoms with E-state index in [0.717, 1.165) is 23.1 Å². The summed E-state index contributed by atoms with van der Waals surface area (Å²) in [6, 6.07) is 16.0. The van der Waals surface area contributed by atoms with Gasteiger partial charge < -0.3 is 0 Å². The van der Waals surface area contributed by atoms with Crippen molar-refractivity contribution in [3.8, 4) is 23.0 Å². The van der Waals surface area contributed by atoms with Crippen LogP contribution in [0.1, 0.15) is 48.4 Å². The van der Waals surface area contributed by atoms with E-state index in [1.807, 2.05) is 18.2 Å². The lowest BCUT2D eigenvalue weighted by Crippen LogP contribution is -1.89. The Morgan fingerprint density at radius 2 is 1.52 bits per heavy atom. The van der Waals surface area contributed by atoms with Crippen molar-refractivity contribution in [2.45, 2.75) is 39.5 Å². The first kappa shape index (κ1) is 22.6. The highest BCUT2D eigenvalue weighted by Crippen LogP contribution is 2.24. The van der Waals surface area contributed by atoms with Crippen LogP contribution in [0.4, 0.5) is 14.5 Å². The Bertz CT molecular complexity index is 1180. The Labute approximate surface area is 187 Å². The average molecular weight is 432 g/mol. The molecule has 0 N–H and O–H groups in total. The molecule has 1 nitrogen and oxygen atoms in total. The highest BCUT2D eigenvalue weighted by Gasteiger charge is 2.07. The molecule has 3 rings (SSSR count). The summed E-state index contributed by atoms with van der Waals surface area (Å²) in [6.45, 7) is 3.97. The van der Waals surface area contributed by atoms with Crippen molar-refractivity contribution >= 4 is 23.1 Å². The number of hydrogen-bond donors (Lipinski definition) is 0. The fourth-order valence-electron chi connectivity index (χ4n) is 3.31. The molecule has 4 heteroatoms. The highest BCUT2D eigenvalue weighted by atomic mass is 32.1. The van der Waals surface area contributed by atoms with Gasteiger partial charge in [0, 0.05) is 6.07 Å². The van der Waals surface area contributed by atoms with E-state index < -0.39 is 11.6 Å². The zero-order chi connectivity index (χ0) is 22.2.